The maximum absolute atomic E-state index is 12.9. The van der Waals surface area contributed by atoms with E-state index in [-0.39, 0.29) is 12.5 Å². The van der Waals surface area contributed by atoms with E-state index in [1.807, 2.05) is 13.8 Å². The predicted molar refractivity (Wildman–Crippen MR) is 99.1 cm³/mol. The van der Waals surface area contributed by atoms with Crippen LogP contribution in [0.5, 0.6) is 0 Å². The van der Waals surface area contributed by atoms with Crippen LogP contribution in [0.25, 0.3) is 0 Å². The highest BCUT2D eigenvalue weighted by Crippen LogP contribution is 2.28. The first-order valence-corrected chi connectivity index (χ1v) is 8.86. The van der Waals surface area contributed by atoms with E-state index in [2.05, 4.69) is 4.99 Å². The summed E-state index contributed by atoms with van der Waals surface area (Å²) in [5.41, 5.74) is 0.880. The number of hydrogen-bond acceptors (Lipinski definition) is 2. The highest BCUT2D eigenvalue weighted by atomic mass is 19.4. The molecule has 1 N–H and O–H groups in total. The van der Waals surface area contributed by atoms with Gasteiger partial charge in [0, 0.05) is 5.92 Å². The van der Waals surface area contributed by atoms with Crippen molar-refractivity contribution in [2.75, 3.05) is 0 Å². The molecule has 1 atom stereocenters. The first-order chi connectivity index (χ1) is 12.8. The number of halogens is 6. The van der Waals surface area contributed by atoms with Gasteiger partial charge in [-0.2, -0.15) is 26.3 Å². The molecular weight excluding hydrogens is 384 g/mol. The SMILES string of the molecule is C/C=C(\N=C(c1ccc(CO)cc1)C(C)CC)C(F)(F)F.CC(C)C(F)(F)F. The van der Waals surface area contributed by atoms with E-state index in [0.29, 0.717) is 23.3 Å². The lowest BCUT2D eigenvalue weighted by Gasteiger charge is -2.16. The molecule has 0 aliphatic heterocycles. The van der Waals surface area contributed by atoms with Crippen molar-refractivity contribution in [1.29, 1.82) is 0 Å². The van der Waals surface area contributed by atoms with Crippen LogP contribution in [0.4, 0.5) is 26.3 Å². The number of aliphatic hydroxyl groups excluding tert-OH is 1. The second-order valence-corrected chi connectivity index (χ2v) is 6.53. The van der Waals surface area contributed by atoms with Crippen molar-refractivity contribution >= 4 is 5.71 Å². The van der Waals surface area contributed by atoms with Gasteiger partial charge < -0.3 is 5.11 Å². The van der Waals surface area contributed by atoms with Crippen LogP contribution >= 0.6 is 0 Å². The first kappa shape index (κ1) is 26.2. The molecule has 0 aromatic heterocycles. The van der Waals surface area contributed by atoms with Crippen LogP contribution in [0.1, 0.15) is 52.2 Å². The van der Waals surface area contributed by atoms with Crippen LogP contribution in [0.15, 0.2) is 41.0 Å². The summed E-state index contributed by atoms with van der Waals surface area (Å²) in [5.74, 6) is -1.30. The third-order valence-corrected chi connectivity index (χ3v) is 3.97. The molecule has 8 heteroatoms. The van der Waals surface area contributed by atoms with Gasteiger partial charge in [0.15, 0.2) is 0 Å². The van der Waals surface area contributed by atoms with E-state index >= 15 is 0 Å². The van der Waals surface area contributed by atoms with Gasteiger partial charge in [-0.25, -0.2) is 4.99 Å². The van der Waals surface area contributed by atoms with Crippen molar-refractivity contribution in [3.63, 3.8) is 0 Å². The predicted octanol–water partition coefficient (Wildman–Crippen LogP) is 6.68. The number of benzene rings is 1. The zero-order valence-corrected chi connectivity index (χ0v) is 16.6. The molecule has 2 nitrogen and oxygen atoms in total. The maximum atomic E-state index is 12.9. The van der Waals surface area contributed by atoms with Crippen molar-refractivity contribution in [1.82, 2.24) is 0 Å². The Morgan fingerprint density at radius 1 is 1.04 bits per heavy atom. The Kier molecular flexibility index (Phi) is 10.5. The molecular formula is C20H27F6NO. The summed E-state index contributed by atoms with van der Waals surface area (Å²) in [6.45, 7) is 7.24. The minimum Gasteiger partial charge on any atom is -0.392 e. The fourth-order valence-corrected chi connectivity index (χ4v) is 1.85. The monoisotopic (exact) mass is 411 g/mol. The lowest BCUT2D eigenvalue weighted by Crippen LogP contribution is -2.17. The minimum absolute atomic E-state index is 0.0951. The van der Waals surface area contributed by atoms with E-state index < -0.39 is 24.0 Å². The molecule has 0 spiro atoms. The number of rotatable bonds is 5. The highest BCUT2D eigenvalue weighted by Gasteiger charge is 2.34. The molecule has 28 heavy (non-hydrogen) atoms. The van der Waals surface area contributed by atoms with Gasteiger partial charge in [0.25, 0.3) is 0 Å². The van der Waals surface area contributed by atoms with Gasteiger partial charge in [0.05, 0.1) is 12.3 Å². The van der Waals surface area contributed by atoms with Gasteiger partial charge in [-0.15, -0.1) is 0 Å². The van der Waals surface area contributed by atoms with E-state index in [0.717, 1.165) is 19.9 Å². The zero-order chi connectivity index (χ0) is 22.1. The van der Waals surface area contributed by atoms with Crippen LogP contribution < -0.4 is 0 Å². The van der Waals surface area contributed by atoms with Crippen LogP contribution in [0.2, 0.25) is 0 Å². The van der Waals surface area contributed by atoms with Gasteiger partial charge in [-0.1, -0.05) is 58.0 Å². The maximum Gasteiger partial charge on any atom is 0.433 e. The second-order valence-electron chi connectivity index (χ2n) is 6.53. The molecule has 0 aliphatic carbocycles. The number of aliphatic imine (C=N–C) groups is 1. The Hall–Kier alpha value is -1.83. The van der Waals surface area contributed by atoms with Crippen molar-refractivity contribution in [3.05, 3.63) is 47.2 Å². The molecule has 0 radical (unpaired) electrons. The molecule has 1 unspecified atom stereocenters. The fourth-order valence-electron chi connectivity index (χ4n) is 1.85. The topological polar surface area (TPSA) is 32.6 Å². The molecule has 0 saturated carbocycles. The third kappa shape index (κ3) is 8.91. The average molecular weight is 411 g/mol. The van der Waals surface area contributed by atoms with Crippen LogP contribution in [-0.2, 0) is 6.61 Å². The number of nitrogens with zero attached hydrogens (tertiary/aromatic N) is 1. The number of alkyl halides is 6. The number of allylic oxidation sites excluding steroid dienone is 2. The summed E-state index contributed by atoms with van der Waals surface area (Å²) in [6.07, 6.45) is -6.79. The van der Waals surface area contributed by atoms with Gasteiger partial charge >= 0.3 is 12.4 Å². The third-order valence-electron chi connectivity index (χ3n) is 3.97. The van der Waals surface area contributed by atoms with Gasteiger partial charge in [0.1, 0.15) is 5.70 Å². The molecule has 1 aromatic rings. The Balaban J connectivity index is 0.000000887. The van der Waals surface area contributed by atoms with Crippen molar-refractivity contribution in [2.45, 2.75) is 60.0 Å². The zero-order valence-electron chi connectivity index (χ0n) is 16.6. The smallest absolute Gasteiger partial charge is 0.392 e. The molecule has 0 heterocycles. The molecule has 0 aliphatic rings. The number of aliphatic hydroxyl groups is 1. The molecule has 0 bridgehead atoms. The summed E-state index contributed by atoms with van der Waals surface area (Å²) >= 11 is 0. The van der Waals surface area contributed by atoms with Crippen molar-refractivity contribution in [3.8, 4) is 0 Å². The van der Waals surface area contributed by atoms with E-state index in [9.17, 15) is 26.3 Å². The second kappa shape index (κ2) is 11.2. The summed E-state index contributed by atoms with van der Waals surface area (Å²) in [7, 11) is 0. The Bertz CT molecular complexity index is 642. The highest BCUT2D eigenvalue weighted by molar-refractivity contribution is 6.02. The Labute approximate surface area is 162 Å². The van der Waals surface area contributed by atoms with Crippen molar-refractivity contribution in [2.24, 2.45) is 16.8 Å². The van der Waals surface area contributed by atoms with Crippen LogP contribution in [0, 0.1) is 11.8 Å². The standard InChI is InChI=1S/C16H20F3NO.C4H7F3/c1-4-11(3)15(20-14(5-2)16(17,18)19)13-8-6-12(10-21)7-9-13;1-3(2)4(5,6)7/h5-9,11,21H,4,10H2,1-3H3;3H,1-2H3/b14-5-,20-15?;. The summed E-state index contributed by atoms with van der Waals surface area (Å²) in [5, 5.41) is 9.02. The first-order valence-electron chi connectivity index (χ1n) is 8.86. The van der Waals surface area contributed by atoms with Gasteiger partial charge in [0.2, 0.25) is 0 Å². The Morgan fingerprint density at radius 3 is 1.79 bits per heavy atom. The van der Waals surface area contributed by atoms with E-state index in [4.69, 9.17) is 5.11 Å². The molecule has 1 aromatic carbocycles. The largest absolute Gasteiger partial charge is 0.433 e. The fraction of sp³-hybridized carbons (Fsp3) is 0.550. The van der Waals surface area contributed by atoms with Crippen molar-refractivity contribution < 1.29 is 31.4 Å². The van der Waals surface area contributed by atoms with Crippen LogP contribution in [-0.4, -0.2) is 23.2 Å². The lowest BCUT2D eigenvalue weighted by atomic mass is 9.95. The summed E-state index contributed by atoms with van der Waals surface area (Å²) in [4.78, 5) is 3.85. The number of hydrogen-bond donors (Lipinski definition) is 1. The van der Waals surface area contributed by atoms with Crippen LogP contribution in [0.3, 0.4) is 0 Å². The average Bonchev–Trinajstić information content (AvgIpc) is 2.61. The quantitative estimate of drug-likeness (QED) is 0.425. The molecule has 1 rings (SSSR count). The normalized spacial score (nSPS) is 14.6. The van der Waals surface area contributed by atoms with Gasteiger partial charge in [-0.05, 0) is 30.4 Å². The summed E-state index contributed by atoms with van der Waals surface area (Å²) in [6, 6.07) is 6.77. The molecule has 0 amide bonds. The minimum atomic E-state index is -4.46. The van der Waals surface area contributed by atoms with Gasteiger partial charge in [-0.3, -0.25) is 0 Å². The Morgan fingerprint density at radius 2 is 1.50 bits per heavy atom. The molecule has 0 saturated heterocycles. The van der Waals surface area contributed by atoms with E-state index in [1.165, 1.54) is 6.92 Å². The molecule has 0 fully saturated rings. The summed E-state index contributed by atoms with van der Waals surface area (Å²) < 4.78 is 72.2. The molecule has 160 valence electrons. The van der Waals surface area contributed by atoms with E-state index in [1.54, 1.807) is 24.3 Å². The lowest BCUT2D eigenvalue weighted by molar-refractivity contribution is -0.164.